The number of benzene rings is 2. The molecule has 44 heavy (non-hydrogen) atoms. The van der Waals surface area contributed by atoms with Crippen LogP contribution in [-0.4, -0.2) is 81.7 Å². The monoisotopic (exact) mass is 674 g/mol. The maximum absolute atomic E-state index is 13.1. The van der Waals surface area contributed by atoms with Crippen molar-refractivity contribution in [1.29, 1.82) is 0 Å². The van der Waals surface area contributed by atoms with E-state index in [4.69, 9.17) is 21.3 Å². The normalized spacial score (nSPS) is 17.5. The van der Waals surface area contributed by atoms with Crippen LogP contribution < -0.4 is 9.62 Å². The minimum absolute atomic E-state index is 0.125. The summed E-state index contributed by atoms with van der Waals surface area (Å²) in [6, 6.07) is 10.3. The number of alkyl halides is 3. The van der Waals surface area contributed by atoms with Crippen LogP contribution in [0.2, 0.25) is 5.02 Å². The van der Waals surface area contributed by atoms with Crippen molar-refractivity contribution in [3.63, 3.8) is 0 Å². The van der Waals surface area contributed by atoms with Crippen molar-refractivity contribution < 1.29 is 30.4 Å². The number of nitrogens with zero attached hydrogens (tertiary/aromatic N) is 5. The molecule has 240 valence electrons. The number of nitrogens with one attached hydrogen (secondary N) is 1. The number of halogens is 4. The van der Waals surface area contributed by atoms with Crippen LogP contribution in [0, 0.1) is 0 Å². The van der Waals surface area contributed by atoms with Gasteiger partial charge >= 0.3 is 6.18 Å². The number of aromatic nitrogens is 2. The second-order valence-electron chi connectivity index (χ2n) is 10.9. The van der Waals surface area contributed by atoms with E-state index in [1.165, 1.54) is 16.4 Å². The lowest BCUT2D eigenvalue weighted by atomic mass is 10.0. The number of anilines is 1. The van der Waals surface area contributed by atoms with Crippen molar-refractivity contribution in [2.75, 3.05) is 50.4 Å². The molecule has 2 aliphatic rings. The summed E-state index contributed by atoms with van der Waals surface area (Å²) >= 11 is 4.39. The third-order valence-electron chi connectivity index (χ3n) is 8.04. The summed E-state index contributed by atoms with van der Waals surface area (Å²) in [5.41, 5.74) is 3.60. The molecule has 0 amide bonds. The smallest absolute Gasteiger partial charge is 0.367 e. The summed E-state index contributed by atoms with van der Waals surface area (Å²) in [7, 11) is -3.45. The molecule has 0 bridgehead atoms. The highest BCUT2D eigenvalue weighted by molar-refractivity contribution is 7.88. The Hall–Kier alpha value is -2.53. The number of rotatable bonds is 10. The summed E-state index contributed by atoms with van der Waals surface area (Å²) in [5, 5.41) is 5.37. The van der Waals surface area contributed by atoms with Gasteiger partial charge in [-0.3, -0.25) is 14.1 Å². The number of para-hydroxylation sites is 1. The maximum atomic E-state index is 13.1. The Morgan fingerprint density at radius 1 is 1.05 bits per heavy atom. The molecule has 10 nitrogen and oxygen atoms in total. The van der Waals surface area contributed by atoms with Gasteiger partial charge in [0.15, 0.2) is 0 Å². The van der Waals surface area contributed by atoms with E-state index in [2.05, 4.69) is 14.5 Å². The first-order valence-electron chi connectivity index (χ1n) is 14.1. The highest BCUT2D eigenvalue weighted by Crippen LogP contribution is 2.35. The van der Waals surface area contributed by atoms with Gasteiger partial charge in [-0.1, -0.05) is 35.9 Å². The predicted octanol–water partition coefficient (Wildman–Crippen LogP) is 3.98. The highest BCUT2D eigenvalue weighted by atomic mass is 35.5. The van der Waals surface area contributed by atoms with Crippen molar-refractivity contribution >= 4 is 38.6 Å². The van der Waals surface area contributed by atoms with Crippen LogP contribution in [0.15, 0.2) is 42.5 Å². The summed E-state index contributed by atoms with van der Waals surface area (Å²) in [4.78, 5) is 4.52. The Morgan fingerprint density at radius 3 is 2.39 bits per heavy atom. The van der Waals surface area contributed by atoms with Crippen LogP contribution in [0.4, 0.5) is 18.9 Å². The fourth-order valence-corrected chi connectivity index (χ4v) is 7.20. The molecule has 0 aliphatic carbocycles. The number of fused-ring (bicyclic) bond motifs is 1. The molecule has 1 aromatic heterocycles. The van der Waals surface area contributed by atoms with Crippen molar-refractivity contribution in [2.24, 2.45) is 0 Å². The standard InChI is InChI=1S/C28H34ClF3N6O4S2/c1-44(41,42)37-13-10-25-23(19-37)26(20-6-8-22(9-7-20)28(30,31)32)34-38(25)12-3-11-35-14-16-36(17-15-35)27-21(18-33-43(39)40)4-2-5-24(27)29/h2,4-9,33H,3,10-19H2,1H3,(H,39,40). The zero-order valence-corrected chi connectivity index (χ0v) is 26.4. The van der Waals surface area contributed by atoms with Crippen LogP contribution in [0.5, 0.6) is 0 Å². The van der Waals surface area contributed by atoms with Gasteiger partial charge in [0, 0.05) is 82.1 Å². The van der Waals surface area contributed by atoms with E-state index >= 15 is 0 Å². The largest absolute Gasteiger partial charge is 0.416 e. The van der Waals surface area contributed by atoms with Gasteiger partial charge < -0.3 is 4.90 Å². The molecular formula is C28H34ClF3N6O4S2. The Labute approximate surface area is 262 Å². The number of aryl methyl sites for hydroxylation is 1. The zero-order chi connectivity index (χ0) is 31.6. The van der Waals surface area contributed by atoms with Crippen LogP contribution >= 0.6 is 11.6 Å². The van der Waals surface area contributed by atoms with Gasteiger partial charge in [-0.25, -0.2) is 17.3 Å². The van der Waals surface area contributed by atoms with Crippen LogP contribution in [0.25, 0.3) is 11.3 Å². The molecule has 0 saturated carbocycles. The topological polar surface area (TPSA) is 111 Å². The lowest BCUT2D eigenvalue weighted by Gasteiger charge is -2.37. The first-order chi connectivity index (χ1) is 20.8. The maximum Gasteiger partial charge on any atom is 0.416 e. The quantitative estimate of drug-likeness (QED) is 0.313. The van der Waals surface area contributed by atoms with Crippen molar-refractivity contribution in [3.8, 4) is 11.3 Å². The zero-order valence-electron chi connectivity index (χ0n) is 24.1. The average molecular weight is 675 g/mol. The van der Waals surface area contributed by atoms with E-state index < -0.39 is 33.0 Å². The van der Waals surface area contributed by atoms with Crippen LogP contribution in [-0.2, 0) is 53.5 Å². The summed E-state index contributed by atoms with van der Waals surface area (Å²) in [6.45, 7) is 5.09. The number of sulfonamides is 1. The molecule has 3 heterocycles. The van der Waals surface area contributed by atoms with Crippen molar-refractivity contribution in [1.82, 2.24) is 23.7 Å². The van der Waals surface area contributed by atoms with E-state index in [-0.39, 0.29) is 13.1 Å². The first-order valence-corrected chi connectivity index (χ1v) is 17.4. The molecule has 1 saturated heterocycles. The first kappa shape index (κ1) is 32.9. The van der Waals surface area contributed by atoms with E-state index in [0.717, 1.165) is 80.0 Å². The number of hydrogen-bond donors (Lipinski definition) is 2. The molecule has 2 N–H and O–H groups in total. The third-order valence-corrected chi connectivity index (χ3v) is 9.99. The van der Waals surface area contributed by atoms with Gasteiger partial charge in [0.05, 0.1) is 28.2 Å². The van der Waals surface area contributed by atoms with Crippen molar-refractivity contribution in [2.45, 2.75) is 38.7 Å². The van der Waals surface area contributed by atoms with Gasteiger partial charge in [-0.15, -0.1) is 0 Å². The molecule has 16 heteroatoms. The molecule has 0 radical (unpaired) electrons. The van der Waals surface area contributed by atoms with Gasteiger partial charge in [-0.05, 0) is 30.2 Å². The fraction of sp³-hybridized carbons (Fsp3) is 0.464. The second kappa shape index (κ2) is 13.4. The van der Waals surface area contributed by atoms with E-state index in [1.807, 2.05) is 22.9 Å². The lowest BCUT2D eigenvalue weighted by Crippen LogP contribution is -2.47. The van der Waals surface area contributed by atoms with Gasteiger partial charge in [-0.2, -0.15) is 22.6 Å². The van der Waals surface area contributed by atoms with Crippen molar-refractivity contribution in [3.05, 3.63) is 69.9 Å². The number of hydrogen-bond acceptors (Lipinski definition) is 6. The summed E-state index contributed by atoms with van der Waals surface area (Å²) < 4.78 is 90.1. The molecule has 1 fully saturated rings. The third kappa shape index (κ3) is 7.63. The summed E-state index contributed by atoms with van der Waals surface area (Å²) in [5.74, 6) is 0. The molecular weight excluding hydrogens is 641 g/mol. The van der Waals surface area contributed by atoms with Crippen LogP contribution in [0.3, 0.4) is 0 Å². The van der Waals surface area contributed by atoms with E-state index in [1.54, 1.807) is 0 Å². The minimum atomic E-state index is -4.45. The Morgan fingerprint density at radius 2 is 1.75 bits per heavy atom. The van der Waals surface area contributed by atoms with Gasteiger partial charge in [0.2, 0.25) is 21.3 Å². The molecule has 5 rings (SSSR count). The molecule has 3 aromatic rings. The van der Waals surface area contributed by atoms with Crippen LogP contribution in [0.1, 0.15) is 28.8 Å². The SMILES string of the molecule is CS(=O)(=O)N1CCc2c(c(-c3ccc(C(F)(F)F)cc3)nn2CCCN2CCN(c3c(Cl)cccc3CNS(=O)O)CC2)C1. The van der Waals surface area contributed by atoms with E-state index in [9.17, 15) is 25.8 Å². The molecule has 1 unspecified atom stereocenters. The lowest BCUT2D eigenvalue weighted by molar-refractivity contribution is -0.137. The Bertz CT molecular complexity index is 1610. The van der Waals surface area contributed by atoms with Gasteiger partial charge in [0.25, 0.3) is 0 Å². The average Bonchev–Trinajstić information content (AvgIpc) is 3.33. The predicted molar refractivity (Wildman–Crippen MR) is 164 cm³/mol. The number of piperazine rings is 1. The Balaban J connectivity index is 1.25. The molecule has 1 atom stereocenters. The fourth-order valence-electron chi connectivity index (χ4n) is 5.82. The molecule has 2 aliphatic heterocycles. The minimum Gasteiger partial charge on any atom is -0.367 e. The molecule has 0 spiro atoms. The molecule has 2 aromatic carbocycles. The van der Waals surface area contributed by atoms with E-state index in [0.29, 0.717) is 35.8 Å². The van der Waals surface area contributed by atoms with Gasteiger partial charge in [0.1, 0.15) is 0 Å². The summed E-state index contributed by atoms with van der Waals surface area (Å²) in [6.07, 6.45) is -2.06. The highest BCUT2D eigenvalue weighted by Gasteiger charge is 2.32. The second-order valence-corrected chi connectivity index (χ2v) is 14.1. The Kier molecular flexibility index (Phi) is 10.0.